The maximum Gasteiger partial charge on any atom is 0.340 e. The Bertz CT molecular complexity index is 887. The minimum Gasteiger partial charge on any atom is -0.465 e. The summed E-state index contributed by atoms with van der Waals surface area (Å²) < 4.78 is 8.93. The summed E-state index contributed by atoms with van der Waals surface area (Å²) >= 11 is 0. The lowest BCUT2D eigenvalue weighted by Gasteiger charge is -2.06. The van der Waals surface area contributed by atoms with Crippen LogP contribution in [-0.2, 0) is 11.8 Å². The number of aryl methyl sites for hydroxylation is 1. The first-order valence-electron chi connectivity index (χ1n) is 7.66. The van der Waals surface area contributed by atoms with Crippen molar-refractivity contribution in [1.29, 1.82) is 0 Å². The Labute approximate surface area is 135 Å². The molecule has 3 rings (SSSR count). The van der Waals surface area contributed by atoms with E-state index in [9.17, 15) is 4.79 Å². The third-order valence-electron chi connectivity index (χ3n) is 4.34. The van der Waals surface area contributed by atoms with Crippen molar-refractivity contribution < 1.29 is 9.53 Å². The topological polar surface area (TPSA) is 49.1 Å². The minimum atomic E-state index is -0.303. The molecule has 120 valence electrons. The van der Waals surface area contributed by atoms with E-state index < -0.39 is 0 Å². The number of carbonyl (C=O) groups is 1. The summed E-state index contributed by atoms with van der Waals surface area (Å²) in [5, 5.41) is 5.33. The van der Waals surface area contributed by atoms with Gasteiger partial charge in [0.1, 0.15) is 0 Å². The molecule has 0 saturated heterocycles. The number of fused-ring (bicyclic) bond motifs is 1. The van der Waals surface area contributed by atoms with Gasteiger partial charge in [0, 0.05) is 41.5 Å². The molecule has 0 aliphatic heterocycles. The molecule has 0 bridgehead atoms. The number of benzene rings is 1. The van der Waals surface area contributed by atoms with Crippen molar-refractivity contribution in [2.24, 2.45) is 7.05 Å². The third kappa shape index (κ3) is 2.32. The average molecular weight is 311 g/mol. The van der Waals surface area contributed by atoms with Gasteiger partial charge in [-0.05, 0) is 20.8 Å². The molecule has 1 aromatic carbocycles. The van der Waals surface area contributed by atoms with Crippen LogP contribution in [0.4, 0.5) is 0 Å². The molecule has 5 heteroatoms. The van der Waals surface area contributed by atoms with Gasteiger partial charge in [0.2, 0.25) is 0 Å². The molecule has 0 unspecified atom stereocenters. The lowest BCUT2D eigenvalue weighted by molar-refractivity contribution is 0.0602. The van der Waals surface area contributed by atoms with E-state index in [1.54, 1.807) is 0 Å². The number of nitrogens with zero attached hydrogens (tertiary/aromatic N) is 3. The largest absolute Gasteiger partial charge is 0.465 e. The zero-order valence-corrected chi connectivity index (χ0v) is 14.1. The molecule has 0 spiro atoms. The fourth-order valence-electron chi connectivity index (χ4n) is 2.99. The second-order valence-corrected chi connectivity index (χ2v) is 6.02. The molecule has 2 aromatic heterocycles. The number of hydrogen-bond acceptors (Lipinski definition) is 3. The highest BCUT2D eigenvalue weighted by molar-refractivity contribution is 6.09. The number of carbonyl (C=O) groups excluding carboxylic acids is 1. The Morgan fingerprint density at radius 1 is 1.30 bits per heavy atom. The molecular weight excluding hydrogens is 290 g/mol. The maximum atomic E-state index is 12.2. The van der Waals surface area contributed by atoms with Crippen molar-refractivity contribution in [3.63, 3.8) is 0 Å². The van der Waals surface area contributed by atoms with E-state index in [2.05, 4.69) is 25.0 Å². The quantitative estimate of drug-likeness (QED) is 0.693. The predicted molar refractivity (Wildman–Crippen MR) is 90.6 cm³/mol. The molecule has 0 N–H and O–H groups in total. The van der Waals surface area contributed by atoms with E-state index in [1.165, 1.54) is 7.11 Å². The van der Waals surface area contributed by atoms with Crippen LogP contribution in [0.1, 0.15) is 35.9 Å². The summed E-state index contributed by atoms with van der Waals surface area (Å²) in [5.74, 6) is -0.303. The summed E-state index contributed by atoms with van der Waals surface area (Å²) in [6.07, 6.45) is 3.91. The van der Waals surface area contributed by atoms with Crippen LogP contribution < -0.4 is 0 Å². The smallest absolute Gasteiger partial charge is 0.340 e. The minimum absolute atomic E-state index is 0.303. The second kappa shape index (κ2) is 5.57. The number of ether oxygens (including phenoxy) is 1. The molecule has 0 aliphatic rings. The molecule has 0 amide bonds. The molecule has 0 atom stereocenters. The number of aromatic nitrogens is 3. The average Bonchev–Trinajstić information content (AvgIpc) is 3.12. The van der Waals surface area contributed by atoms with Crippen LogP contribution in [0.2, 0.25) is 0 Å². The van der Waals surface area contributed by atoms with Gasteiger partial charge >= 0.3 is 5.97 Å². The SMILES string of the molecule is COC(=O)c1c(C)n(C)c2c(-c3cnn(C(C)C)c3)cccc12. The third-order valence-corrected chi connectivity index (χ3v) is 4.34. The summed E-state index contributed by atoms with van der Waals surface area (Å²) in [4.78, 5) is 12.2. The van der Waals surface area contributed by atoms with E-state index >= 15 is 0 Å². The Balaban J connectivity index is 2.28. The molecule has 0 radical (unpaired) electrons. The monoisotopic (exact) mass is 311 g/mol. The van der Waals surface area contributed by atoms with Crippen molar-refractivity contribution in [2.45, 2.75) is 26.8 Å². The number of esters is 1. The van der Waals surface area contributed by atoms with Gasteiger partial charge in [-0.15, -0.1) is 0 Å². The molecule has 0 aliphatic carbocycles. The zero-order valence-electron chi connectivity index (χ0n) is 14.1. The lowest BCUT2D eigenvalue weighted by Crippen LogP contribution is -2.03. The van der Waals surface area contributed by atoms with Crippen LogP contribution in [0.25, 0.3) is 22.0 Å². The van der Waals surface area contributed by atoms with Gasteiger partial charge in [0.05, 0.1) is 24.4 Å². The summed E-state index contributed by atoms with van der Waals surface area (Å²) in [6, 6.07) is 6.30. The standard InChI is InChI=1S/C18H21N3O2/c1-11(2)21-10-13(9-19-21)14-7-6-8-15-16(18(22)23-5)12(3)20(4)17(14)15/h6-11H,1-5H3. The number of hydrogen-bond donors (Lipinski definition) is 0. The first-order valence-corrected chi connectivity index (χ1v) is 7.66. The summed E-state index contributed by atoms with van der Waals surface area (Å²) in [5.41, 5.74) is 4.66. The van der Waals surface area contributed by atoms with E-state index in [0.29, 0.717) is 11.6 Å². The van der Waals surface area contributed by atoms with Crippen LogP contribution in [-0.4, -0.2) is 27.4 Å². The maximum absolute atomic E-state index is 12.2. The van der Waals surface area contributed by atoms with Crippen molar-refractivity contribution in [3.05, 3.63) is 41.9 Å². The molecular formula is C18H21N3O2. The molecule has 0 saturated carbocycles. The highest BCUT2D eigenvalue weighted by Gasteiger charge is 2.21. The van der Waals surface area contributed by atoms with Crippen LogP contribution in [0, 0.1) is 6.92 Å². The number of methoxy groups -OCH3 is 1. The first kappa shape index (κ1) is 15.3. The van der Waals surface area contributed by atoms with Gasteiger partial charge < -0.3 is 9.30 Å². The van der Waals surface area contributed by atoms with Crippen LogP contribution in [0.3, 0.4) is 0 Å². The van der Waals surface area contributed by atoms with Crippen molar-refractivity contribution in [2.75, 3.05) is 7.11 Å². The fourth-order valence-corrected chi connectivity index (χ4v) is 2.99. The highest BCUT2D eigenvalue weighted by atomic mass is 16.5. The molecule has 23 heavy (non-hydrogen) atoms. The van der Waals surface area contributed by atoms with Gasteiger partial charge in [-0.25, -0.2) is 4.79 Å². The Morgan fingerprint density at radius 3 is 2.65 bits per heavy atom. The molecule has 2 heterocycles. The van der Waals surface area contributed by atoms with E-state index in [4.69, 9.17) is 4.74 Å². The Kier molecular flexibility index (Phi) is 3.72. The van der Waals surface area contributed by atoms with Gasteiger partial charge in [-0.3, -0.25) is 4.68 Å². The van der Waals surface area contributed by atoms with Crippen LogP contribution >= 0.6 is 0 Å². The summed E-state index contributed by atoms with van der Waals surface area (Å²) in [7, 11) is 3.39. The molecule has 3 aromatic rings. The van der Waals surface area contributed by atoms with E-state index in [1.807, 2.05) is 47.7 Å². The second-order valence-electron chi connectivity index (χ2n) is 6.02. The van der Waals surface area contributed by atoms with E-state index in [0.717, 1.165) is 27.7 Å². The van der Waals surface area contributed by atoms with Gasteiger partial charge in [-0.2, -0.15) is 5.10 Å². The van der Waals surface area contributed by atoms with Gasteiger partial charge in [-0.1, -0.05) is 18.2 Å². The first-order chi connectivity index (χ1) is 11.0. The van der Waals surface area contributed by atoms with Crippen LogP contribution in [0.5, 0.6) is 0 Å². The van der Waals surface area contributed by atoms with Gasteiger partial charge in [0.25, 0.3) is 0 Å². The zero-order chi connectivity index (χ0) is 16.7. The Hall–Kier alpha value is -2.56. The van der Waals surface area contributed by atoms with Crippen molar-refractivity contribution in [1.82, 2.24) is 14.3 Å². The number of para-hydroxylation sites is 1. The Morgan fingerprint density at radius 2 is 2.04 bits per heavy atom. The van der Waals surface area contributed by atoms with E-state index in [-0.39, 0.29) is 5.97 Å². The lowest BCUT2D eigenvalue weighted by atomic mass is 10.0. The highest BCUT2D eigenvalue weighted by Crippen LogP contribution is 2.34. The normalized spacial score (nSPS) is 11.4. The van der Waals surface area contributed by atoms with Gasteiger partial charge in [0.15, 0.2) is 0 Å². The summed E-state index contributed by atoms with van der Waals surface area (Å²) in [6.45, 7) is 6.13. The molecule has 0 fully saturated rings. The number of rotatable bonds is 3. The fraction of sp³-hybridized carbons (Fsp3) is 0.333. The van der Waals surface area contributed by atoms with Crippen molar-refractivity contribution >= 4 is 16.9 Å². The van der Waals surface area contributed by atoms with Crippen LogP contribution in [0.15, 0.2) is 30.6 Å². The predicted octanol–water partition coefficient (Wildman–Crippen LogP) is 3.72. The van der Waals surface area contributed by atoms with Crippen molar-refractivity contribution in [3.8, 4) is 11.1 Å². The molecule has 5 nitrogen and oxygen atoms in total.